The largest absolute Gasteiger partial charge is 0.350 e. The van der Waals surface area contributed by atoms with Crippen molar-refractivity contribution >= 4 is 41.5 Å². The lowest BCUT2D eigenvalue weighted by Crippen LogP contribution is -2.51. The highest BCUT2D eigenvalue weighted by Crippen LogP contribution is 2.26. The highest BCUT2D eigenvalue weighted by molar-refractivity contribution is 6.39. The predicted octanol–water partition coefficient (Wildman–Crippen LogP) is 3.81. The number of benzene rings is 1. The van der Waals surface area contributed by atoms with Crippen LogP contribution >= 0.6 is 35.6 Å². The van der Waals surface area contributed by atoms with Gasteiger partial charge in [-0.1, -0.05) is 48.5 Å². The van der Waals surface area contributed by atoms with Gasteiger partial charge < -0.3 is 11.1 Å². The van der Waals surface area contributed by atoms with Gasteiger partial charge in [0.1, 0.15) is 0 Å². The molecule has 0 bridgehead atoms. The highest BCUT2D eigenvalue weighted by Gasteiger charge is 2.28. The second-order valence-corrected chi connectivity index (χ2v) is 6.02. The predicted molar refractivity (Wildman–Crippen MR) is 86.0 cm³/mol. The number of carbonyl (C=O) groups excluding carboxylic acids is 1. The van der Waals surface area contributed by atoms with E-state index in [1.807, 2.05) is 0 Å². The Morgan fingerprint density at radius 1 is 1.20 bits per heavy atom. The van der Waals surface area contributed by atoms with Crippen molar-refractivity contribution in [3.05, 3.63) is 33.8 Å². The van der Waals surface area contributed by atoms with Crippen LogP contribution in [0.4, 0.5) is 0 Å². The number of rotatable bonds is 3. The molecule has 0 heterocycles. The third-order valence-electron chi connectivity index (χ3n) is 3.64. The summed E-state index contributed by atoms with van der Waals surface area (Å²) in [6, 6.07) is 5.02. The zero-order valence-electron chi connectivity index (χ0n) is 11.1. The molecule has 2 rings (SSSR count). The number of hydrogen-bond acceptors (Lipinski definition) is 2. The molecule has 0 spiro atoms. The molecule has 1 amide bonds. The van der Waals surface area contributed by atoms with Gasteiger partial charge in [0.15, 0.2) is 0 Å². The Morgan fingerprint density at radius 3 is 2.30 bits per heavy atom. The second kappa shape index (κ2) is 7.51. The Labute approximate surface area is 135 Å². The summed E-state index contributed by atoms with van der Waals surface area (Å²) in [6.07, 6.45) is 5.37. The Kier molecular flexibility index (Phi) is 6.59. The van der Waals surface area contributed by atoms with Gasteiger partial charge in [0, 0.05) is 12.1 Å². The minimum absolute atomic E-state index is 0. The summed E-state index contributed by atoms with van der Waals surface area (Å²) in [7, 11) is 0. The first-order valence-corrected chi connectivity index (χ1v) is 7.28. The summed E-state index contributed by atoms with van der Waals surface area (Å²) in [5.41, 5.74) is 6.32. The molecule has 1 fully saturated rings. The van der Waals surface area contributed by atoms with E-state index in [1.54, 1.807) is 18.2 Å². The fourth-order valence-electron chi connectivity index (χ4n) is 2.49. The van der Waals surface area contributed by atoms with Gasteiger partial charge in [0.25, 0.3) is 5.91 Å². The van der Waals surface area contributed by atoms with Crippen molar-refractivity contribution in [2.24, 2.45) is 5.73 Å². The zero-order chi connectivity index (χ0) is 13.9. The molecule has 1 saturated carbocycles. The SMILES string of the molecule is Cl.NC1(CNC(=O)c2c(Cl)cccc2Cl)CCCCC1. The molecule has 1 aliphatic rings. The Hall–Kier alpha value is -0.480. The molecule has 0 unspecified atom stereocenters. The molecule has 20 heavy (non-hydrogen) atoms. The first-order valence-electron chi connectivity index (χ1n) is 6.53. The third-order valence-corrected chi connectivity index (χ3v) is 4.27. The minimum Gasteiger partial charge on any atom is -0.350 e. The van der Waals surface area contributed by atoms with Crippen LogP contribution in [0.1, 0.15) is 42.5 Å². The zero-order valence-corrected chi connectivity index (χ0v) is 13.5. The van der Waals surface area contributed by atoms with Gasteiger partial charge in [-0.25, -0.2) is 0 Å². The minimum atomic E-state index is -0.290. The molecular formula is C14H19Cl3N2O. The van der Waals surface area contributed by atoms with Crippen LogP contribution in [0.2, 0.25) is 10.0 Å². The number of nitrogens with two attached hydrogens (primary N) is 1. The van der Waals surface area contributed by atoms with Crippen molar-refractivity contribution in [1.29, 1.82) is 0 Å². The van der Waals surface area contributed by atoms with Gasteiger partial charge in [-0.3, -0.25) is 4.79 Å². The van der Waals surface area contributed by atoms with Crippen molar-refractivity contribution in [1.82, 2.24) is 5.32 Å². The Bertz CT molecular complexity index is 453. The van der Waals surface area contributed by atoms with E-state index in [4.69, 9.17) is 28.9 Å². The number of carbonyl (C=O) groups is 1. The van der Waals surface area contributed by atoms with Crippen LogP contribution in [0, 0.1) is 0 Å². The van der Waals surface area contributed by atoms with Crippen molar-refractivity contribution in [2.75, 3.05) is 6.54 Å². The van der Waals surface area contributed by atoms with Crippen LogP contribution in [0.25, 0.3) is 0 Å². The van der Waals surface area contributed by atoms with Crippen LogP contribution in [-0.2, 0) is 0 Å². The lowest BCUT2D eigenvalue weighted by atomic mass is 9.82. The molecule has 0 aliphatic heterocycles. The van der Waals surface area contributed by atoms with Crippen LogP contribution in [0.5, 0.6) is 0 Å². The van der Waals surface area contributed by atoms with Crippen molar-refractivity contribution < 1.29 is 4.79 Å². The molecule has 0 radical (unpaired) electrons. The van der Waals surface area contributed by atoms with Crippen LogP contribution in [0.15, 0.2) is 18.2 Å². The molecule has 0 aromatic heterocycles. The molecule has 0 atom stereocenters. The van der Waals surface area contributed by atoms with E-state index in [0.29, 0.717) is 22.2 Å². The molecule has 1 aliphatic carbocycles. The van der Waals surface area contributed by atoms with E-state index >= 15 is 0 Å². The Morgan fingerprint density at radius 2 is 1.75 bits per heavy atom. The standard InChI is InChI=1S/C14H18Cl2N2O.ClH/c15-10-5-4-6-11(16)12(10)13(19)18-9-14(17)7-2-1-3-8-14;/h4-6H,1-3,7-9,17H2,(H,18,19);1H. The molecule has 1 aromatic rings. The van der Waals surface area contributed by atoms with Gasteiger partial charge in [0.2, 0.25) is 0 Å². The second-order valence-electron chi connectivity index (χ2n) is 5.20. The summed E-state index contributed by atoms with van der Waals surface area (Å²) in [4.78, 5) is 12.1. The molecule has 0 saturated heterocycles. The summed E-state index contributed by atoms with van der Waals surface area (Å²) in [6.45, 7) is 0.466. The van der Waals surface area contributed by atoms with E-state index in [9.17, 15) is 4.79 Å². The van der Waals surface area contributed by atoms with Gasteiger partial charge in [-0.05, 0) is 25.0 Å². The van der Waals surface area contributed by atoms with Crippen molar-refractivity contribution in [3.8, 4) is 0 Å². The monoisotopic (exact) mass is 336 g/mol. The lowest BCUT2D eigenvalue weighted by Gasteiger charge is -2.33. The van der Waals surface area contributed by atoms with Crippen LogP contribution in [0.3, 0.4) is 0 Å². The lowest BCUT2D eigenvalue weighted by molar-refractivity contribution is 0.0938. The quantitative estimate of drug-likeness (QED) is 0.881. The van der Waals surface area contributed by atoms with E-state index in [1.165, 1.54) is 6.42 Å². The number of amides is 1. The molecule has 3 N–H and O–H groups in total. The smallest absolute Gasteiger partial charge is 0.254 e. The molecule has 112 valence electrons. The summed E-state index contributed by atoms with van der Waals surface area (Å²) >= 11 is 12.0. The highest BCUT2D eigenvalue weighted by atomic mass is 35.5. The van der Waals surface area contributed by atoms with E-state index in [-0.39, 0.29) is 23.9 Å². The average Bonchev–Trinajstić information content (AvgIpc) is 2.37. The summed E-state index contributed by atoms with van der Waals surface area (Å²) in [5.74, 6) is -0.258. The molecule has 6 heteroatoms. The number of halogens is 3. The van der Waals surface area contributed by atoms with E-state index in [2.05, 4.69) is 5.32 Å². The first kappa shape index (κ1) is 17.6. The molecular weight excluding hydrogens is 319 g/mol. The van der Waals surface area contributed by atoms with Gasteiger partial charge >= 0.3 is 0 Å². The van der Waals surface area contributed by atoms with E-state index < -0.39 is 0 Å². The van der Waals surface area contributed by atoms with Crippen molar-refractivity contribution in [3.63, 3.8) is 0 Å². The van der Waals surface area contributed by atoms with Crippen LogP contribution < -0.4 is 11.1 Å². The number of hydrogen-bond donors (Lipinski definition) is 2. The van der Waals surface area contributed by atoms with Gasteiger partial charge in [-0.2, -0.15) is 0 Å². The van der Waals surface area contributed by atoms with Crippen LogP contribution in [-0.4, -0.2) is 18.0 Å². The fraction of sp³-hybridized carbons (Fsp3) is 0.500. The van der Waals surface area contributed by atoms with Gasteiger partial charge in [-0.15, -0.1) is 12.4 Å². The van der Waals surface area contributed by atoms with Gasteiger partial charge in [0.05, 0.1) is 15.6 Å². The van der Waals surface area contributed by atoms with Crippen molar-refractivity contribution in [2.45, 2.75) is 37.6 Å². The maximum absolute atomic E-state index is 12.1. The number of nitrogens with one attached hydrogen (secondary N) is 1. The first-order chi connectivity index (χ1) is 9.02. The topological polar surface area (TPSA) is 55.1 Å². The summed E-state index contributed by atoms with van der Waals surface area (Å²) < 4.78 is 0. The molecule has 3 nitrogen and oxygen atoms in total. The maximum atomic E-state index is 12.1. The summed E-state index contributed by atoms with van der Waals surface area (Å²) in [5, 5.41) is 3.58. The third kappa shape index (κ3) is 4.26. The Balaban J connectivity index is 0.00000200. The average molecular weight is 338 g/mol. The maximum Gasteiger partial charge on any atom is 0.254 e. The molecule has 1 aromatic carbocycles. The fourth-order valence-corrected chi connectivity index (χ4v) is 3.06. The normalized spacial score (nSPS) is 17.1. The van der Waals surface area contributed by atoms with E-state index in [0.717, 1.165) is 25.7 Å².